The van der Waals surface area contributed by atoms with Gasteiger partial charge in [0, 0.05) is 5.33 Å². The normalized spacial score (nSPS) is 16.9. The number of hydrogen-bond donors (Lipinski definition) is 0. The molecule has 1 aromatic rings. The van der Waals surface area contributed by atoms with E-state index >= 15 is 0 Å². The van der Waals surface area contributed by atoms with Crippen molar-refractivity contribution in [3.8, 4) is 5.75 Å². The van der Waals surface area contributed by atoms with Crippen molar-refractivity contribution in [2.45, 2.75) is 31.6 Å². The van der Waals surface area contributed by atoms with Gasteiger partial charge in [-0.1, -0.05) is 40.9 Å². The highest BCUT2D eigenvalue weighted by molar-refractivity contribution is 9.09. The van der Waals surface area contributed by atoms with E-state index in [2.05, 4.69) is 40.2 Å². The van der Waals surface area contributed by atoms with Crippen molar-refractivity contribution >= 4 is 15.9 Å². The average Bonchev–Trinajstić information content (AvgIpc) is 2.80. The van der Waals surface area contributed by atoms with Crippen LogP contribution in [0, 0.1) is 0 Å². The molecule has 0 unspecified atom stereocenters. The minimum atomic E-state index is 0.739. The molecular weight excluding hydrogens is 252 g/mol. The minimum absolute atomic E-state index is 0.739. The van der Waals surface area contributed by atoms with Gasteiger partial charge >= 0.3 is 0 Å². The minimum Gasteiger partial charge on any atom is -0.493 e. The molecule has 0 spiro atoms. The second-order valence-corrected chi connectivity index (χ2v) is 4.88. The van der Waals surface area contributed by atoms with E-state index in [1.165, 1.54) is 31.2 Å². The second kappa shape index (κ2) is 5.55. The molecule has 0 amide bonds. The van der Waals surface area contributed by atoms with E-state index in [4.69, 9.17) is 4.74 Å². The van der Waals surface area contributed by atoms with Gasteiger partial charge in [0.1, 0.15) is 5.75 Å². The van der Waals surface area contributed by atoms with E-state index in [1.807, 2.05) is 0 Å². The van der Waals surface area contributed by atoms with Crippen molar-refractivity contribution in [1.29, 1.82) is 0 Å². The summed E-state index contributed by atoms with van der Waals surface area (Å²) < 4.78 is 5.53. The number of rotatable bonds is 4. The zero-order valence-electron chi connectivity index (χ0n) is 8.92. The lowest BCUT2D eigenvalue weighted by atomic mass is 9.98. The molecule has 0 N–H and O–H groups in total. The number of alkyl halides is 1. The summed E-state index contributed by atoms with van der Waals surface area (Å²) >= 11 is 3.35. The molecule has 1 aliphatic rings. The molecule has 82 valence electrons. The Kier molecular flexibility index (Phi) is 4.07. The Labute approximate surface area is 100.0 Å². The summed E-state index contributed by atoms with van der Waals surface area (Å²) in [6.07, 6.45) is 5.52. The summed E-state index contributed by atoms with van der Waals surface area (Å²) in [5, 5.41) is 0.886. The highest BCUT2D eigenvalue weighted by atomic mass is 79.9. The number of benzene rings is 1. The molecule has 2 rings (SSSR count). The fourth-order valence-electron chi connectivity index (χ4n) is 2.25. The summed E-state index contributed by atoms with van der Waals surface area (Å²) in [5.74, 6) is 1.78. The first-order valence-electron chi connectivity index (χ1n) is 5.69. The van der Waals surface area contributed by atoms with Crippen LogP contribution < -0.4 is 4.74 Å². The van der Waals surface area contributed by atoms with Gasteiger partial charge in [-0.25, -0.2) is 0 Å². The molecule has 0 aromatic heterocycles. The maximum absolute atomic E-state index is 5.53. The molecular formula is C13H17BrO. The predicted octanol–water partition coefficient (Wildman–Crippen LogP) is 4.12. The Morgan fingerprint density at radius 3 is 2.40 bits per heavy atom. The number of hydrogen-bond acceptors (Lipinski definition) is 1. The van der Waals surface area contributed by atoms with Crippen LogP contribution in [0.25, 0.3) is 0 Å². The quantitative estimate of drug-likeness (QED) is 0.747. The third-order valence-corrected chi connectivity index (χ3v) is 3.38. The molecule has 0 saturated heterocycles. The highest BCUT2D eigenvalue weighted by Gasteiger charge is 2.16. The highest BCUT2D eigenvalue weighted by Crippen LogP contribution is 2.34. The van der Waals surface area contributed by atoms with Crippen molar-refractivity contribution in [2.75, 3.05) is 11.9 Å². The molecule has 1 fully saturated rings. The maximum atomic E-state index is 5.53. The van der Waals surface area contributed by atoms with Crippen LogP contribution in [0.4, 0.5) is 0 Å². The first-order chi connectivity index (χ1) is 7.40. The van der Waals surface area contributed by atoms with Crippen LogP contribution in [-0.2, 0) is 0 Å². The van der Waals surface area contributed by atoms with Crippen molar-refractivity contribution in [3.05, 3.63) is 29.8 Å². The fraction of sp³-hybridized carbons (Fsp3) is 0.538. The number of halogens is 1. The van der Waals surface area contributed by atoms with E-state index < -0.39 is 0 Å². The van der Waals surface area contributed by atoms with Crippen molar-refractivity contribution in [2.24, 2.45) is 0 Å². The average molecular weight is 269 g/mol. The lowest BCUT2D eigenvalue weighted by Gasteiger charge is -2.10. The van der Waals surface area contributed by atoms with Gasteiger partial charge < -0.3 is 4.74 Å². The van der Waals surface area contributed by atoms with Crippen LogP contribution in [0.3, 0.4) is 0 Å². The van der Waals surface area contributed by atoms with Gasteiger partial charge in [-0.2, -0.15) is 0 Å². The lowest BCUT2D eigenvalue weighted by molar-refractivity contribution is 0.345. The van der Waals surface area contributed by atoms with Crippen LogP contribution in [-0.4, -0.2) is 11.9 Å². The van der Waals surface area contributed by atoms with Crippen LogP contribution in [0.1, 0.15) is 37.2 Å². The van der Waals surface area contributed by atoms with Crippen LogP contribution >= 0.6 is 15.9 Å². The first kappa shape index (κ1) is 11.0. The lowest BCUT2D eigenvalue weighted by Crippen LogP contribution is -1.98. The Morgan fingerprint density at radius 2 is 1.80 bits per heavy atom. The van der Waals surface area contributed by atoms with Gasteiger partial charge in [-0.15, -0.1) is 0 Å². The molecule has 0 radical (unpaired) electrons. The van der Waals surface area contributed by atoms with Crippen LogP contribution in [0.5, 0.6) is 5.75 Å². The zero-order chi connectivity index (χ0) is 10.5. The Bertz CT molecular complexity index is 288. The summed E-state index contributed by atoms with van der Waals surface area (Å²) in [6, 6.07) is 8.63. The van der Waals surface area contributed by atoms with E-state index in [9.17, 15) is 0 Å². The van der Waals surface area contributed by atoms with E-state index in [1.54, 1.807) is 0 Å². The largest absolute Gasteiger partial charge is 0.493 e. The van der Waals surface area contributed by atoms with Gasteiger partial charge in [0.25, 0.3) is 0 Å². The predicted molar refractivity (Wildman–Crippen MR) is 66.9 cm³/mol. The van der Waals surface area contributed by atoms with Gasteiger partial charge in [-0.3, -0.25) is 0 Å². The van der Waals surface area contributed by atoms with Gasteiger partial charge in [0.05, 0.1) is 6.61 Å². The molecule has 1 nitrogen and oxygen atoms in total. The Balaban J connectivity index is 1.96. The monoisotopic (exact) mass is 268 g/mol. The van der Waals surface area contributed by atoms with Crippen molar-refractivity contribution in [1.82, 2.24) is 0 Å². The molecule has 15 heavy (non-hydrogen) atoms. The van der Waals surface area contributed by atoms with Crippen molar-refractivity contribution < 1.29 is 4.74 Å². The molecule has 1 saturated carbocycles. The van der Waals surface area contributed by atoms with E-state index in [-0.39, 0.29) is 0 Å². The molecule has 0 bridgehead atoms. The zero-order valence-corrected chi connectivity index (χ0v) is 10.5. The summed E-state index contributed by atoms with van der Waals surface area (Å²) in [7, 11) is 0. The molecule has 2 heteroatoms. The summed E-state index contributed by atoms with van der Waals surface area (Å²) in [5.41, 5.74) is 1.48. The SMILES string of the molecule is BrCCOc1ccc(C2CCCC2)cc1. The first-order valence-corrected chi connectivity index (χ1v) is 6.81. The molecule has 0 atom stereocenters. The molecule has 0 aliphatic heterocycles. The topological polar surface area (TPSA) is 9.23 Å². The molecule has 1 aromatic carbocycles. The molecule has 0 heterocycles. The third kappa shape index (κ3) is 2.97. The van der Waals surface area contributed by atoms with E-state index in [0.29, 0.717) is 0 Å². The van der Waals surface area contributed by atoms with Gasteiger partial charge in [0.15, 0.2) is 0 Å². The van der Waals surface area contributed by atoms with Crippen LogP contribution in [0.15, 0.2) is 24.3 Å². The van der Waals surface area contributed by atoms with Gasteiger partial charge in [-0.05, 0) is 36.5 Å². The second-order valence-electron chi connectivity index (χ2n) is 4.09. The standard InChI is InChI=1S/C13H17BrO/c14-9-10-15-13-7-5-12(6-8-13)11-3-1-2-4-11/h5-8,11H,1-4,9-10H2. The number of ether oxygens (including phenoxy) is 1. The Hall–Kier alpha value is -0.500. The third-order valence-electron chi connectivity index (χ3n) is 3.05. The maximum Gasteiger partial charge on any atom is 0.119 e. The van der Waals surface area contributed by atoms with E-state index in [0.717, 1.165) is 23.6 Å². The smallest absolute Gasteiger partial charge is 0.119 e. The fourth-order valence-corrected chi connectivity index (χ4v) is 2.41. The molecule has 1 aliphatic carbocycles. The summed E-state index contributed by atoms with van der Waals surface area (Å²) in [4.78, 5) is 0. The summed E-state index contributed by atoms with van der Waals surface area (Å²) in [6.45, 7) is 0.739. The van der Waals surface area contributed by atoms with Crippen molar-refractivity contribution in [3.63, 3.8) is 0 Å². The van der Waals surface area contributed by atoms with Gasteiger partial charge in [0.2, 0.25) is 0 Å². The Morgan fingerprint density at radius 1 is 1.13 bits per heavy atom. The van der Waals surface area contributed by atoms with Crippen LogP contribution in [0.2, 0.25) is 0 Å².